The van der Waals surface area contributed by atoms with Crippen molar-refractivity contribution in [3.8, 4) is 6.07 Å². The normalized spacial score (nSPS) is 11.0. The maximum absolute atomic E-state index is 13.5. The summed E-state index contributed by atoms with van der Waals surface area (Å²) in [6.45, 7) is 0. The Kier molecular flexibility index (Phi) is 4.11. The second kappa shape index (κ2) is 5.68. The molecule has 2 aromatic carbocycles. The Morgan fingerprint density at radius 2 is 1.86 bits per heavy atom. The van der Waals surface area contributed by atoms with Crippen LogP contribution in [0.1, 0.15) is 5.56 Å². The molecule has 0 unspecified atom stereocenters. The zero-order valence-corrected chi connectivity index (χ0v) is 11.8. The highest BCUT2D eigenvalue weighted by Gasteiger charge is 2.20. The lowest BCUT2D eigenvalue weighted by atomic mass is 10.2. The topological polar surface area (TPSA) is 70.0 Å². The van der Waals surface area contributed by atoms with E-state index in [-0.39, 0.29) is 16.3 Å². The number of nitrogens with zero attached hydrogens (tertiary/aromatic N) is 1. The van der Waals surface area contributed by atoms with Crippen LogP contribution in [0.2, 0.25) is 5.02 Å². The molecule has 21 heavy (non-hydrogen) atoms. The SMILES string of the molecule is N#Cc1ccc(NS(=O)(=O)c2cc(F)ccc2F)cc1Cl. The lowest BCUT2D eigenvalue weighted by molar-refractivity contribution is 0.555. The van der Waals surface area contributed by atoms with Crippen LogP contribution < -0.4 is 4.72 Å². The summed E-state index contributed by atoms with van der Waals surface area (Å²) in [5, 5.41) is 8.76. The van der Waals surface area contributed by atoms with E-state index in [2.05, 4.69) is 4.72 Å². The van der Waals surface area contributed by atoms with E-state index < -0.39 is 26.6 Å². The summed E-state index contributed by atoms with van der Waals surface area (Å²) in [6, 6.07) is 7.72. The van der Waals surface area contributed by atoms with Gasteiger partial charge in [0.05, 0.1) is 16.3 Å². The van der Waals surface area contributed by atoms with Gasteiger partial charge in [-0.05, 0) is 36.4 Å². The molecule has 0 amide bonds. The molecule has 0 saturated heterocycles. The Morgan fingerprint density at radius 1 is 1.14 bits per heavy atom. The van der Waals surface area contributed by atoms with Crippen molar-refractivity contribution in [2.24, 2.45) is 0 Å². The first-order valence-electron chi connectivity index (χ1n) is 5.51. The molecule has 0 heterocycles. The molecule has 0 saturated carbocycles. The molecular formula is C13H7ClF2N2O2S. The van der Waals surface area contributed by atoms with Crippen LogP contribution in [-0.4, -0.2) is 8.42 Å². The number of hydrogen-bond donors (Lipinski definition) is 1. The van der Waals surface area contributed by atoms with Crippen molar-refractivity contribution in [2.75, 3.05) is 4.72 Å². The van der Waals surface area contributed by atoms with E-state index >= 15 is 0 Å². The molecule has 0 bridgehead atoms. The van der Waals surface area contributed by atoms with Gasteiger partial charge < -0.3 is 0 Å². The Hall–Kier alpha value is -2.17. The highest BCUT2D eigenvalue weighted by molar-refractivity contribution is 7.92. The van der Waals surface area contributed by atoms with E-state index in [0.717, 1.165) is 12.1 Å². The molecule has 2 rings (SSSR count). The Balaban J connectivity index is 2.40. The quantitative estimate of drug-likeness (QED) is 0.939. The van der Waals surface area contributed by atoms with Gasteiger partial charge in [-0.1, -0.05) is 11.6 Å². The third-order valence-corrected chi connectivity index (χ3v) is 4.23. The smallest absolute Gasteiger partial charge is 0.264 e. The molecule has 8 heteroatoms. The van der Waals surface area contributed by atoms with Crippen LogP contribution in [0.25, 0.3) is 0 Å². The first kappa shape index (κ1) is 15.2. The number of halogens is 3. The summed E-state index contributed by atoms with van der Waals surface area (Å²) < 4.78 is 52.7. The van der Waals surface area contributed by atoms with Crippen LogP contribution in [0, 0.1) is 23.0 Å². The third kappa shape index (κ3) is 3.29. The monoisotopic (exact) mass is 328 g/mol. The number of benzene rings is 2. The van der Waals surface area contributed by atoms with Gasteiger partial charge in [0, 0.05) is 0 Å². The van der Waals surface area contributed by atoms with Gasteiger partial charge in [-0.3, -0.25) is 4.72 Å². The van der Waals surface area contributed by atoms with Crippen molar-refractivity contribution >= 4 is 27.3 Å². The predicted octanol–water partition coefficient (Wildman–Crippen LogP) is 3.29. The molecular weight excluding hydrogens is 322 g/mol. The molecule has 0 aliphatic heterocycles. The van der Waals surface area contributed by atoms with Crippen molar-refractivity contribution in [1.29, 1.82) is 5.26 Å². The van der Waals surface area contributed by atoms with Crippen molar-refractivity contribution in [2.45, 2.75) is 4.90 Å². The Labute approximate surface area is 124 Å². The fraction of sp³-hybridized carbons (Fsp3) is 0. The van der Waals surface area contributed by atoms with Crippen LogP contribution in [0.5, 0.6) is 0 Å². The van der Waals surface area contributed by atoms with Gasteiger partial charge in [-0.25, -0.2) is 17.2 Å². The van der Waals surface area contributed by atoms with Gasteiger partial charge >= 0.3 is 0 Å². The maximum Gasteiger partial charge on any atom is 0.264 e. The predicted molar refractivity (Wildman–Crippen MR) is 73.3 cm³/mol. The second-order valence-corrected chi connectivity index (χ2v) is 6.04. The minimum absolute atomic E-state index is 0.0302. The lowest BCUT2D eigenvalue weighted by Gasteiger charge is -2.09. The highest BCUT2D eigenvalue weighted by atomic mass is 35.5. The van der Waals surface area contributed by atoms with Crippen LogP contribution in [0.4, 0.5) is 14.5 Å². The molecule has 0 aromatic heterocycles. The van der Waals surface area contributed by atoms with Gasteiger partial charge in [0.1, 0.15) is 22.6 Å². The van der Waals surface area contributed by atoms with Crippen molar-refractivity contribution in [3.63, 3.8) is 0 Å². The lowest BCUT2D eigenvalue weighted by Crippen LogP contribution is -2.15. The van der Waals surface area contributed by atoms with Gasteiger partial charge in [0.25, 0.3) is 10.0 Å². The minimum Gasteiger partial charge on any atom is -0.279 e. The van der Waals surface area contributed by atoms with Crippen LogP contribution in [-0.2, 0) is 10.0 Å². The summed E-state index contributed by atoms with van der Waals surface area (Å²) in [5.74, 6) is -1.96. The van der Waals surface area contributed by atoms with E-state index in [9.17, 15) is 17.2 Å². The average Bonchev–Trinajstić information content (AvgIpc) is 2.41. The number of sulfonamides is 1. The van der Waals surface area contributed by atoms with Gasteiger partial charge in [0.15, 0.2) is 0 Å². The summed E-state index contributed by atoms with van der Waals surface area (Å²) in [7, 11) is -4.31. The largest absolute Gasteiger partial charge is 0.279 e. The number of hydrogen-bond acceptors (Lipinski definition) is 3. The number of anilines is 1. The summed E-state index contributed by atoms with van der Waals surface area (Å²) in [5.41, 5.74) is 0.194. The summed E-state index contributed by atoms with van der Waals surface area (Å²) in [6.07, 6.45) is 0. The first-order chi connectivity index (χ1) is 9.83. The standard InChI is InChI=1S/C13H7ClF2N2O2S/c14-11-6-10(3-1-8(11)7-17)18-21(19,20)13-5-9(15)2-4-12(13)16/h1-6,18H. The van der Waals surface area contributed by atoms with Gasteiger partial charge in [-0.15, -0.1) is 0 Å². The van der Waals surface area contributed by atoms with Gasteiger partial charge in [-0.2, -0.15) is 5.26 Å². The fourth-order valence-corrected chi connectivity index (χ4v) is 2.93. The Morgan fingerprint density at radius 3 is 2.48 bits per heavy atom. The second-order valence-electron chi connectivity index (χ2n) is 3.99. The van der Waals surface area contributed by atoms with Crippen LogP contribution in [0.3, 0.4) is 0 Å². The molecule has 0 fully saturated rings. The molecule has 1 N–H and O–H groups in total. The third-order valence-electron chi connectivity index (χ3n) is 2.52. The molecule has 0 spiro atoms. The molecule has 0 radical (unpaired) electrons. The zero-order valence-electron chi connectivity index (χ0n) is 10.3. The molecule has 0 aliphatic carbocycles. The summed E-state index contributed by atoms with van der Waals surface area (Å²) in [4.78, 5) is -0.817. The highest BCUT2D eigenvalue weighted by Crippen LogP contribution is 2.24. The van der Waals surface area contributed by atoms with Crippen LogP contribution >= 0.6 is 11.6 Å². The van der Waals surface area contributed by atoms with Crippen LogP contribution in [0.15, 0.2) is 41.3 Å². The number of nitrogens with one attached hydrogen (secondary N) is 1. The van der Waals surface area contributed by atoms with Crippen molar-refractivity contribution in [1.82, 2.24) is 0 Å². The van der Waals surface area contributed by atoms with E-state index in [1.807, 2.05) is 6.07 Å². The van der Waals surface area contributed by atoms with Crippen molar-refractivity contribution in [3.05, 3.63) is 58.6 Å². The first-order valence-corrected chi connectivity index (χ1v) is 7.37. The van der Waals surface area contributed by atoms with Crippen molar-refractivity contribution < 1.29 is 17.2 Å². The number of nitriles is 1. The Bertz CT molecular complexity index is 848. The summed E-state index contributed by atoms with van der Waals surface area (Å²) >= 11 is 5.77. The molecule has 0 atom stereocenters. The van der Waals surface area contributed by atoms with E-state index in [1.165, 1.54) is 18.2 Å². The molecule has 0 aliphatic rings. The van der Waals surface area contributed by atoms with Gasteiger partial charge in [0.2, 0.25) is 0 Å². The number of rotatable bonds is 3. The molecule has 108 valence electrons. The fourth-order valence-electron chi connectivity index (χ4n) is 1.56. The zero-order chi connectivity index (χ0) is 15.6. The van der Waals surface area contributed by atoms with E-state index in [0.29, 0.717) is 6.07 Å². The molecule has 2 aromatic rings. The van der Waals surface area contributed by atoms with E-state index in [4.69, 9.17) is 16.9 Å². The maximum atomic E-state index is 13.5. The molecule has 4 nitrogen and oxygen atoms in total. The minimum atomic E-state index is -4.31. The average molecular weight is 329 g/mol. The van der Waals surface area contributed by atoms with E-state index in [1.54, 1.807) is 0 Å².